The molecule has 0 saturated carbocycles. The third kappa shape index (κ3) is 7.48. The SMILES string of the molecule is O=C(NCCN1CCCCCC1)N1CC=C([B-](F)(F)F)CC1.[K+]. The molecule has 0 aromatic carbocycles. The molecule has 0 spiro atoms. The molecule has 2 rings (SSSR count). The van der Waals surface area contributed by atoms with Gasteiger partial charge in [0.05, 0.1) is 0 Å². The van der Waals surface area contributed by atoms with E-state index in [0.717, 1.165) is 25.7 Å². The first-order chi connectivity index (χ1) is 10.5. The first-order valence-electron chi connectivity index (χ1n) is 8.11. The topological polar surface area (TPSA) is 35.6 Å². The van der Waals surface area contributed by atoms with Gasteiger partial charge in [-0.15, -0.1) is 5.47 Å². The molecule has 1 saturated heterocycles. The van der Waals surface area contributed by atoms with Gasteiger partial charge in [0.25, 0.3) is 0 Å². The van der Waals surface area contributed by atoms with Gasteiger partial charge in [0.2, 0.25) is 0 Å². The molecule has 1 N–H and O–H groups in total. The monoisotopic (exact) mass is 357 g/mol. The van der Waals surface area contributed by atoms with Crippen molar-refractivity contribution < 1.29 is 69.1 Å². The van der Waals surface area contributed by atoms with Crippen LogP contribution < -0.4 is 56.7 Å². The van der Waals surface area contributed by atoms with Gasteiger partial charge >= 0.3 is 64.4 Å². The Hall–Kier alpha value is 0.461. The van der Waals surface area contributed by atoms with Crippen molar-refractivity contribution in [3.63, 3.8) is 0 Å². The van der Waals surface area contributed by atoms with E-state index in [1.165, 1.54) is 30.6 Å². The minimum absolute atomic E-state index is 0. The molecule has 2 aliphatic rings. The third-order valence-electron chi connectivity index (χ3n) is 4.35. The quantitative estimate of drug-likeness (QED) is 0.695. The van der Waals surface area contributed by atoms with Crippen molar-refractivity contribution in [2.45, 2.75) is 32.1 Å². The van der Waals surface area contributed by atoms with E-state index >= 15 is 0 Å². The third-order valence-corrected chi connectivity index (χ3v) is 4.35. The Balaban J connectivity index is 0.00000264. The zero-order chi connectivity index (χ0) is 16.0. The molecule has 0 unspecified atom stereocenters. The molecular weight excluding hydrogens is 333 g/mol. The Labute approximate surface area is 178 Å². The average molecular weight is 357 g/mol. The standard InChI is InChI=1S/C14H24BF3N3O.K/c16-15(17,18)13-5-10-21(11-6-13)14(22)19-7-12-20-8-3-1-2-4-9-20;/h5H,1-4,6-12H2,(H,19,22);/q-1;+1. The molecule has 0 aliphatic carbocycles. The summed E-state index contributed by atoms with van der Waals surface area (Å²) in [6, 6.07) is -0.264. The van der Waals surface area contributed by atoms with E-state index in [1.807, 2.05) is 0 Å². The summed E-state index contributed by atoms with van der Waals surface area (Å²) in [5.74, 6) is 0. The number of hydrogen-bond donors (Lipinski definition) is 1. The number of urea groups is 1. The second-order valence-electron chi connectivity index (χ2n) is 6.04. The molecule has 0 aromatic heterocycles. The maximum atomic E-state index is 12.6. The Morgan fingerprint density at radius 3 is 2.30 bits per heavy atom. The van der Waals surface area contributed by atoms with Crippen LogP contribution in [-0.2, 0) is 0 Å². The summed E-state index contributed by atoms with van der Waals surface area (Å²) in [7, 11) is 0. The van der Waals surface area contributed by atoms with E-state index in [-0.39, 0.29) is 76.9 Å². The maximum Gasteiger partial charge on any atom is 1.00 e. The number of amides is 2. The Morgan fingerprint density at radius 1 is 1.13 bits per heavy atom. The smallest absolute Gasteiger partial charge is 0.445 e. The van der Waals surface area contributed by atoms with Crippen molar-refractivity contribution in [1.29, 1.82) is 0 Å². The van der Waals surface area contributed by atoms with E-state index in [4.69, 9.17) is 0 Å². The summed E-state index contributed by atoms with van der Waals surface area (Å²) in [5.41, 5.74) is -0.464. The van der Waals surface area contributed by atoms with Gasteiger partial charge in [0.1, 0.15) is 0 Å². The molecular formula is C14H24BF3KN3O. The summed E-state index contributed by atoms with van der Waals surface area (Å²) in [4.78, 5) is 15.7. The van der Waals surface area contributed by atoms with Gasteiger partial charge in [-0.3, -0.25) is 0 Å². The van der Waals surface area contributed by atoms with Gasteiger partial charge in [-0.1, -0.05) is 18.9 Å². The van der Waals surface area contributed by atoms with Crippen molar-refractivity contribution in [3.05, 3.63) is 11.5 Å². The molecule has 0 aromatic rings. The van der Waals surface area contributed by atoms with Gasteiger partial charge in [-0.25, -0.2) is 4.79 Å². The van der Waals surface area contributed by atoms with E-state index in [0.29, 0.717) is 6.54 Å². The van der Waals surface area contributed by atoms with Crippen LogP contribution in [0.5, 0.6) is 0 Å². The molecule has 23 heavy (non-hydrogen) atoms. The van der Waals surface area contributed by atoms with Gasteiger partial charge < -0.3 is 28.1 Å². The minimum atomic E-state index is -4.90. The van der Waals surface area contributed by atoms with Crippen molar-refractivity contribution in [1.82, 2.24) is 15.1 Å². The summed E-state index contributed by atoms with van der Waals surface area (Å²) >= 11 is 0. The molecule has 1 fully saturated rings. The number of halogens is 3. The first kappa shape index (κ1) is 21.5. The average Bonchev–Trinajstić information content (AvgIpc) is 2.75. The molecule has 0 atom stereocenters. The second-order valence-corrected chi connectivity index (χ2v) is 6.04. The minimum Gasteiger partial charge on any atom is -0.445 e. The summed E-state index contributed by atoms with van der Waals surface area (Å²) in [5, 5.41) is 2.81. The predicted octanol–water partition coefficient (Wildman–Crippen LogP) is -0.405. The van der Waals surface area contributed by atoms with Crippen molar-refractivity contribution in [2.24, 2.45) is 0 Å². The molecule has 0 bridgehead atoms. The fourth-order valence-corrected chi connectivity index (χ4v) is 2.96. The Kier molecular flexibility index (Phi) is 9.77. The summed E-state index contributed by atoms with van der Waals surface area (Å²) in [6.07, 6.45) is 5.98. The first-order valence-corrected chi connectivity index (χ1v) is 8.11. The van der Waals surface area contributed by atoms with Crippen LogP contribution in [0.4, 0.5) is 17.7 Å². The zero-order valence-electron chi connectivity index (χ0n) is 13.9. The second kappa shape index (κ2) is 10.5. The van der Waals surface area contributed by atoms with Gasteiger partial charge in [-0.05, 0) is 32.4 Å². The largest absolute Gasteiger partial charge is 1.00 e. The van der Waals surface area contributed by atoms with Gasteiger partial charge in [-0.2, -0.15) is 0 Å². The molecule has 2 amide bonds. The van der Waals surface area contributed by atoms with E-state index in [2.05, 4.69) is 10.2 Å². The van der Waals surface area contributed by atoms with Crippen molar-refractivity contribution in [2.75, 3.05) is 39.3 Å². The molecule has 4 nitrogen and oxygen atoms in total. The number of hydrogen-bond acceptors (Lipinski definition) is 2. The molecule has 0 radical (unpaired) electrons. The number of rotatable bonds is 4. The zero-order valence-corrected chi connectivity index (χ0v) is 17.0. The Morgan fingerprint density at radius 2 is 1.78 bits per heavy atom. The van der Waals surface area contributed by atoms with Crippen LogP contribution in [0.25, 0.3) is 0 Å². The fraction of sp³-hybridized carbons (Fsp3) is 0.786. The van der Waals surface area contributed by atoms with Crippen LogP contribution in [0.2, 0.25) is 0 Å². The van der Waals surface area contributed by atoms with Crippen LogP contribution >= 0.6 is 0 Å². The molecule has 2 heterocycles. The summed E-state index contributed by atoms with van der Waals surface area (Å²) in [6.45, 7) is -1.21. The maximum absolute atomic E-state index is 12.6. The van der Waals surface area contributed by atoms with Crippen LogP contribution in [0.3, 0.4) is 0 Å². The number of nitrogens with zero attached hydrogens (tertiary/aromatic N) is 2. The van der Waals surface area contributed by atoms with Crippen LogP contribution in [-0.4, -0.2) is 62.1 Å². The molecule has 2 aliphatic heterocycles. The van der Waals surface area contributed by atoms with Gasteiger partial charge in [0.15, 0.2) is 0 Å². The predicted molar refractivity (Wildman–Crippen MR) is 81.7 cm³/mol. The van der Waals surface area contributed by atoms with Crippen molar-refractivity contribution >= 4 is 13.0 Å². The fourth-order valence-electron chi connectivity index (χ4n) is 2.96. The van der Waals surface area contributed by atoms with E-state index < -0.39 is 12.4 Å². The molecule has 9 heteroatoms. The van der Waals surface area contributed by atoms with E-state index in [1.54, 1.807) is 0 Å². The Bertz CT molecular complexity index is 413. The van der Waals surface area contributed by atoms with E-state index in [9.17, 15) is 17.7 Å². The normalized spacial score (nSPS) is 20.3. The number of carbonyl (C=O) groups is 1. The number of nitrogens with one attached hydrogen (secondary N) is 1. The summed E-state index contributed by atoms with van der Waals surface area (Å²) < 4.78 is 37.7. The van der Waals surface area contributed by atoms with Crippen LogP contribution in [0.1, 0.15) is 32.1 Å². The van der Waals surface area contributed by atoms with Crippen LogP contribution in [0.15, 0.2) is 11.5 Å². The van der Waals surface area contributed by atoms with Gasteiger partial charge in [0, 0.05) is 26.2 Å². The van der Waals surface area contributed by atoms with Crippen molar-refractivity contribution in [3.8, 4) is 0 Å². The number of likely N-dealkylation sites (tertiary alicyclic amines) is 1. The van der Waals surface area contributed by atoms with Crippen LogP contribution in [0, 0.1) is 0 Å². The molecule has 126 valence electrons. The number of carbonyl (C=O) groups excluding carboxylic acids is 1.